The summed E-state index contributed by atoms with van der Waals surface area (Å²) >= 11 is 0. The summed E-state index contributed by atoms with van der Waals surface area (Å²) in [6, 6.07) is 11.0. The van der Waals surface area contributed by atoms with Crippen molar-refractivity contribution < 1.29 is 41.7 Å². The van der Waals surface area contributed by atoms with Crippen molar-refractivity contribution >= 4 is 23.6 Å². The van der Waals surface area contributed by atoms with Crippen LogP contribution >= 0.6 is 0 Å². The second-order valence-electron chi connectivity index (χ2n) is 8.00. The number of rotatable bonds is 11. The minimum atomic E-state index is -4.47. The van der Waals surface area contributed by atoms with Gasteiger partial charge in [0.1, 0.15) is 0 Å². The predicted octanol–water partition coefficient (Wildman–Crippen LogP) is 6.73. The van der Waals surface area contributed by atoms with E-state index in [4.69, 9.17) is 23.7 Å². The Kier molecular flexibility index (Phi) is 9.48. The molecule has 0 aliphatic heterocycles. The van der Waals surface area contributed by atoms with Crippen molar-refractivity contribution in [3.8, 4) is 28.7 Å². The highest BCUT2D eigenvalue weighted by Crippen LogP contribution is 2.39. The Labute approximate surface area is 224 Å². The maximum atomic E-state index is 12.8. The molecule has 206 valence electrons. The molecule has 0 saturated heterocycles. The number of carbonyl (C=O) groups excluding carboxylic acids is 1. The van der Waals surface area contributed by atoms with Crippen molar-refractivity contribution in [2.75, 3.05) is 40.9 Å². The van der Waals surface area contributed by atoms with Crippen LogP contribution in [0.15, 0.2) is 60.8 Å². The van der Waals surface area contributed by atoms with Crippen LogP contribution < -0.4 is 29.0 Å². The van der Waals surface area contributed by atoms with Gasteiger partial charge in [-0.1, -0.05) is 24.3 Å². The molecule has 0 spiro atoms. The van der Waals surface area contributed by atoms with Crippen LogP contribution in [0.3, 0.4) is 0 Å². The maximum Gasteiger partial charge on any atom is 0.416 e. The van der Waals surface area contributed by atoms with Crippen molar-refractivity contribution in [3.63, 3.8) is 0 Å². The second-order valence-corrected chi connectivity index (χ2v) is 8.00. The van der Waals surface area contributed by atoms with Crippen molar-refractivity contribution in [3.05, 3.63) is 83.1 Å². The topological polar surface area (TPSA) is 75.3 Å². The molecule has 3 aromatic rings. The number of ether oxygens (including phenoxy) is 5. The summed E-state index contributed by atoms with van der Waals surface area (Å²) in [6.45, 7) is 0. The summed E-state index contributed by atoms with van der Waals surface area (Å²) in [5.41, 5.74) is 1.32. The lowest BCUT2D eigenvalue weighted by molar-refractivity contribution is -0.137. The van der Waals surface area contributed by atoms with E-state index in [9.17, 15) is 18.0 Å². The Morgan fingerprint density at radius 1 is 0.744 bits per heavy atom. The van der Waals surface area contributed by atoms with E-state index in [1.807, 2.05) is 12.2 Å². The van der Waals surface area contributed by atoms with Crippen LogP contribution in [0, 0.1) is 0 Å². The number of alkyl halides is 3. The lowest BCUT2D eigenvalue weighted by Crippen LogP contribution is -2.05. The number of allylic oxidation sites excluding steroid dienone is 1. The van der Waals surface area contributed by atoms with E-state index in [-0.39, 0.29) is 5.56 Å². The van der Waals surface area contributed by atoms with Crippen LogP contribution in [0.5, 0.6) is 28.7 Å². The van der Waals surface area contributed by atoms with Gasteiger partial charge in [-0.05, 0) is 35.9 Å². The van der Waals surface area contributed by atoms with Gasteiger partial charge < -0.3 is 29.0 Å². The number of hydrogen-bond acceptors (Lipinski definition) is 7. The van der Waals surface area contributed by atoms with Crippen LogP contribution in [-0.2, 0) is 6.18 Å². The third-order valence-electron chi connectivity index (χ3n) is 5.67. The molecule has 3 rings (SSSR count). The average Bonchev–Trinajstić information content (AvgIpc) is 2.94. The van der Waals surface area contributed by atoms with Gasteiger partial charge in [-0.2, -0.15) is 13.2 Å². The van der Waals surface area contributed by atoms with E-state index >= 15 is 0 Å². The van der Waals surface area contributed by atoms with Crippen LogP contribution in [0.25, 0.3) is 12.2 Å². The van der Waals surface area contributed by atoms with Gasteiger partial charge in [0.2, 0.25) is 5.75 Å². The third-order valence-corrected chi connectivity index (χ3v) is 5.67. The van der Waals surface area contributed by atoms with Gasteiger partial charge >= 0.3 is 6.18 Å². The molecule has 0 aliphatic rings. The predicted molar refractivity (Wildman–Crippen MR) is 143 cm³/mol. The minimum Gasteiger partial charge on any atom is -0.493 e. The molecule has 1 N–H and O–H groups in total. The van der Waals surface area contributed by atoms with Gasteiger partial charge in [0, 0.05) is 35.2 Å². The van der Waals surface area contributed by atoms with Crippen LogP contribution in [0.2, 0.25) is 0 Å². The molecule has 0 saturated carbocycles. The number of benzene rings is 3. The summed E-state index contributed by atoms with van der Waals surface area (Å²) in [7, 11) is 7.59. The molecular weight excluding hydrogens is 515 g/mol. The largest absolute Gasteiger partial charge is 0.493 e. The quantitative estimate of drug-likeness (QED) is 0.163. The zero-order valence-corrected chi connectivity index (χ0v) is 22.0. The maximum absolute atomic E-state index is 12.8. The van der Waals surface area contributed by atoms with Crippen molar-refractivity contribution in [2.24, 2.45) is 0 Å². The van der Waals surface area contributed by atoms with E-state index in [1.54, 1.807) is 24.3 Å². The number of hydrogen-bond donors (Lipinski definition) is 1. The van der Waals surface area contributed by atoms with E-state index in [1.165, 1.54) is 47.8 Å². The van der Waals surface area contributed by atoms with Gasteiger partial charge in [-0.25, -0.2) is 0 Å². The Hall–Kier alpha value is -4.60. The van der Waals surface area contributed by atoms with Crippen molar-refractivity contribution in [2.45, 2.75) is 6.18 Å². The molecular formula is C29H28F3NO6. The Bertz CT molecular complexity index is 1340. The van der Waals surface area contributed by atoms with E-state index < -0.39 is 17.5 Å². The van der Waals surface area contributed by atoms with E-state index in [2.05, 4.69) is 5.32 Å². The van der Waals surface area contributed by atoms with Gasteiger partial charge in [-0.15, -0.1) is 0 Å². The molecule has 0 aliphatic carbocycles. The fourth-order valence-corrected chi connectivity index (χ4v) is 3.67. The third kappa shape index (κ3) is 7.04. The van der Waals surface area contributed by atoms with Crippen molar-refractivity contribution in [1.82, 2.24) is 0 Å². The molecule has 7 nitrogen and oxygen atoms in total. The van der Waals surface area contributed by atoms with Crippen molar-refractivity contribution in [1.29, 1.82) is 0 Å². The summed E-state index contributed by atoms with van der Waals surface area (Å²) < 4.78 is 65.4. The van der Waals surface area contributed by atoms with Gasteiger partial charge in [0.05, 0.1) is 41.1 Å². The fourth-order valence-electron chi connectivity index (χ4n) is 3.67. The standard InChI is InChI=1S/C29H28F3NO6/c1-35-24-16-20(7-6-18-14-26(37-3)28(39-5)27(15-18)38-4)22(17-25(24)36-2)33-13-12-23(34)19-8-10-21(11-9-19)29(30,31)32/h6-17,33H,1-5H3. The van der Waals surface area contributed by atoms with Crippen LogP contribution in [0.1, 0.15) is 27.0 Å². The number of methoxy groups -OCH3 is 5. The molecule has 0 aromatic heterocycles. The zero-order chi connectivity index (χ0) is 28.6. The normalized spacial score (nSPS) is 11.5. The minimum absolute atomic E-state index is 0.121. The lowest BCUT2D eigenvalue weighted by atomic mass is 10.1. The van der Waals surface area contributed by atoms with Gasteiger partial charge in [-0.3, -0.25) is 4.79 Å². The molecule has 0 atom stereocenters. The lowest BCUT2D eigenvalue weighted by Gasteiger charge is -2.14. The molecule has 3 aromatic carbocycles. The first-order valence-corrected chi connectivity index (χ1v) is 11.5. The highest BCUT2D eigenvalue weighted by molar-refractivity contribution is 6.04. The first-order valence-electron chi connectivity index (χ1n) is 11.5. The molecule has 10 heteroatoms. The Morgan fingerprint density at radius 3 is 1.82 bits per heavy atom. The molecule has 0 heterocycles. The first kappa shape index (κ1) is 29.0. The molecule has 0 radical (unpaired) electrons. The molecule has 0 bridgehead atoms. The van der Waals surface area contributed by atoms with Gasteiger partial charge in [0.25, 0.3) is 0 Å². The number of anilines is 1. The SMILES string of the molecule is COc1cc(C=Cc2cc(OC)c(OC)c(OC)c2)c(NC=CC(=O)c2ccc(C(F)(F)F)cc2)cc1OC. The highest BCUT2D eigenvalue weighted by Gasteiger charge is 2.30. The number of nitrogens with one attached hydrogen (secondary N) is 1. The number of carbonyl (C=O) groups is 1. The van der Waals surface area contributed by atoms with Crippen LogP contribution in [0.4, 0.5) is 18.9 Å². The molecule has 39 heavy (non-hydrogen) atoms. The highest BCUT2D eigenvalue weighted by atomic mass is 19.4. The molecule has 0 amide bonds. The average molecular weight is 544 g/mol. The Balaban J connectivity index is 1.90. The summed E-state index contributed by atoms with van der Waals surface area (Å²) in [5.74, 6) is 1.92. The number of ketones is 1. The summed E-state index contributed by atoms with van der Waals surface area (Å²) in [6.07, 6.45) is 1.80. The van der Waals surface area contributed by atoms with E-state index in [0.717, 1.165) is 29.8 Å². The first-order chi connectivity index (χ1) is 18.6. The number of halogens is 3. The molecule has 0 fully saturated rings. The van der Waals surface area contributed by atoms with Crippen LogP contribution in [-0.4, -0.2) is 41.3 Å². The second kappa shape index (κ2) is 12.8. The monoisotopic (exact) mass is 543 g/mol. The Morgan fingerprint density at radius 2 is 1.31 bits per heavy atom. The summed E-state index contributed by atoms with van der Waals surface area (Å²) in [4.78, 5) is 12.5. The van der Waals surface area contributed by atoms with E-state index in [0.29, 0.717) is 40.0 Å². The smallest absolute Gasteiger partial charge is 0.416 e. The summed E-state index contributed by atoms with van der Waals surface area (Å²) in [5, 5.41) is 3.04. The fraction of sp³-hybridized carbons (Fsp3) is 0.207. The zero-order valence-electron chi connectivity index (χ0n) is 22.0. The molecule has 0 unspecified atom stereocenters. The van der Waals surface area contributed by atoms with Gasteiger partial charge in [0.15, 0.2) is 28.8 Å².